The first-order chi connectivity index (χ1) is 11.0. The first-order valence-electron chi connectivity index (χ1n) is 9.75. The maximum atomic E-state index is 6.30. The molecule has 0 radical (unpaired) electrons. The molecule has 1 saturated heterocycles. The minimum atomic E-state index is -0.374. The minimum absolute atomic E-state index is 0.332. The van der Waals surface area contributed by atoms with E-state index < -0.39 is 0 Å². The van der Waals surface area contributed by atoms with Gasteiger partial charge < -0.3 is 9.47 Å². The molecule has 23 heavy (non-hydrogen) atoms. The first-order valence-corrected chi connectivity index (χ1v) is 9.75. The van der Waals surface area contributed by atoms with Crippen LogP contribution in [0.5, 0.6) is 0 Å². The van der Waals surface area contributed by atoms with Crippen molar-refractivity contribution in [2.75, 3.05) is 0 Å². The van der Waals surface area contributed by atoms with Crippen LogP contribution in [-0.2, 0) is 9.47 Å². The van der Waals surface area contributed by atoms with Crippen molar-refractivity contribution in [3.8, 4) is 0 Å². The molecule has 0 unspecified atom stereocenters. The Labute approximate surface area is 140 Å². The number of fused-ring (bicyclic) bond motifs is 7. The second-order valence-electron chi connectivity index (χ2n) is 9.15. The van der Waals surface area contributed by atoms with Crippen molar-refractivity contribution in [1.29, 1.82) is 0 Å². The zero-order valence-electron chi connectivity index (χ0n) is 14.9. The van der Waals surface area contributed by atoms with Crippen molar-refractivity contribution in [3.63, 3.8) is 0 Å². The number of hydrogen-bond acceptors (Lipinski definition) is 2. The maximum Gasteiger partial charge on any atom is 0.163 e. The third-order valence-corrected chi connectivity index (χ3v) is 7.59. The molecular weight excluding hydrogens is 284 g/mol. The van der Waals surface area contributed by atoms with E-state index in [1.54, 1.807) is 11.1 Å². The summed E-state index contributed by atoms with van der Waals surface area (Å²) in [4.78, 5) is 0. The minimum Gasteiger partial charge on any atom is -0.345 e. The smallest absolute Gasteiger partial charge is 0.163 e. The van der Waals surface area contributed by atoms with Gasteiger partial charge in [0.1, 0.15) is 0 Å². The second-order valence-corrected chi connectivity index (χ2v) is 9.15. The molecule has 8 atom stereocenters. The summed E-state index contributed by atoms with van der Waals surface area (Å²) in [6.07, 6.45) is 10.9. The Kier molecular flexibility index (Phi) is 3.03. The summed E-state index contributed by atoms with van der Waals surface area (Å²) >= 11 is 0. The second kappa shape index (κ2) is 4.73. The molecule has 0 amide bonds. The summed E-state index contributed by atoms with van der Waals surface area (Å²) < 4.78 is 12.5. The van der Waals surface area contributed by atoms with Gasteiger partial charge in [0, 0.05) is 0 Å². The van der Waals surface area contributed by atoms with Crippen LogP contribution in [0.2, 0.25) is 0 Å². The van der Waals surface area contributed by atoms with Crippen LogP contribution in [0.4, 0.5) is 0 Å². The molecule has 4 aliphatic carbocycles. The average Bonchev–Trinajstić information content (AvgIpc) is 3.15. The molecule has 0 spiro atoms. The SMILES string of the molecule is CC[C@H]1C2=CC=C3[C@H]4C[C@H]5OC(C)(C)O[C@H]5[C@H]4C[C@@H]3[C@H]2C[C@H]1C. The Hall–Kier alpha value is -0.600. The first kappa shape index (κ1) is 14.7. The Balaban J connectivity index is 1.43. The van der Waals surface area contributed by atoms with Crippen molar-refractivity contribution in [2.24, 2.45) is 35.5 Å². The van der Waals surface area contributed by atoms with Gasteiger partial charge in [-0.1, -0.05) is 37.1 Å². The molecule has 2 nitrogen and oxygen atoms in total. The van der Waals surface area contributed by atoms with Gasteiger partial charge in [-0.3, -0.25) is 0 Å². The van der Waals surface area contributed by atoms with Gasteiger partial charge in [-0.05, 0) is 75.0 Å². The van der Waals surface area contributed by atoms with Crippen LogP contribution in [-0.4, -0.2) is 18.0 Å². The van der Waals surface area contributed by atoms with E-state index in [2.05, 4.69) is 39.8 Å². The van der Waals surface area contributed by atoms with E-state index in [-0.39, 0.29) is 5.79 Å². The number of rotatable bonds is 1. The van der Waals surface area contributed by atoms with Crippen molar-refractivity contribution in [3.05, 3.63) is 23.3 Å². The number of allylic oxidation sites excluding steroid dienone is 4. The van der Waals surface area contributed by atoms with Gasteiger partial charge >= 0.3 is 0 Å². The van der Waals surface area contributed by atoms with Gasteiger partial charge in [0.05, 0.1) is 12.2 Å². The topological polar surface area (TPSA) is 18.5 Å². The van der Waals surface area contributed by atoms with Gasteiger partial charge in [0.25, 0.3) is 0 Å². The van der Waals surface area contributed by atoms with Crippen molar-refractivity contribution >= 4 is 0 Å². The largest absolute Gasteiger partial charge is 0.345 e. The number of hydrogen-bond donors (Lipinski definition) is 0. The fourth-order valence-electron chi connectivity index (χ4n) is 6.87. The molecule has 2 heteroatoms. The van der Waals surface area contributed by atoms with Gasteiger partial charge in [-0.2, -0.15) is 0 Å². The lowest BCUT2D eigenvalue weighted by Crippen LogP contribution is -2.26. The fraction of sp³-hybridized carbons (Fsp3) is 0.810. The molecule has 0 N–H and O–H groups in total. The maximum absolute atomic E-state index is 6.30. The van der Waals surface area contributed by atoms with E-state index in [0.29, 0.717) is 18.1 Å². The molecule has 5 aliphatic rings. The fourth-order valence-corrected chi connectivity index (χ4v) is 6.87. The molecule has 1 aliphatic heterocycles. The van der Waals surface area contributed by atoms with Gasteiger partial charge in [-0.25, -0.2) is 0 Å². The quantitative estimate of drug-likeness (QED) is 0.698. The van der Waals surface area contributed by atoms with Crippen LogP contribution in [0.25, 0.3) is 0 Å². The molecule has 126 valence electrons. The van der Waals surface area contributed by atoms with E-state index >= 15 is 0 Å². The summed E-state index contributed by atoms with van der Waals surface area (Å²) in [7, 11) is 0. The lowest BCUT2D eigenvalue weighted by Gasteiger charge is -2.29. The Bertz CT molecular complexity index is 587. The van der Waals surface area contributed by atoms with Crippen LogP contribution in [0.3, 0.4) is 0 Å². The highest BCUT2D eigenvalue weighted by atomic mass is 16.8. The highest BCUT2D eigenvalue weighted by Gasteiger charge is 2.59. The third kappa shape index (κ3) is 1.94. The Morgan fingerprint density at radius 2 is 1.74 bits per heavy atom. The summed E-state index contributed by atoms with van der Waals surface area (Å²) in [5.41, 5.74) is 3.52. The normalized spacial score (nSPS) is 52.5. The monoisotopic (exact) mass is 314 g/mol. The molecule has 0 bridgehead atoms. The third-order valence-electron chi connectivity index (χ3n) is 7.59. The zero-order valence-corrected chi connectivity index (χ0v) is 14.9. The standard InChI is InChI=1S/C21H30O2/c1-5-12-11(2)8-15-13(12)6-7-14-16(15)9-18-17(14)10-19-20(18)23-21(3,4)22-19/h6-7,11-12,15-20H,5,8-10H2,1-4H3/t11-,12-,15+,16+,17-,18+,19-,20+/m1/s1. The molecule has 5 rings (SSSR count). The Morgan fingerprint density at radius 1 is 1.00 bits per heavy atom. The van der Waals surface area contributed by atoms with Crippen LogP contribution in [0, 0.1) is 35.5 Å². The predicted octanol–water partition coefficient (Wildman–Crippen LogP) is 4.71. The summed E-state index contributed by atoms with van der Waals surface area (Å²) in [5.74, 6) is 4.37. The summed E-state index contributed by atoms with van der Waals surface area (Å²) in [5, 5.41) is 0. The molecule has 1 heterocycles. The van der Waals surface area contributed by atoms with Crippen molar-refractivity contribution in [1.82, 2.24) is 0 Å². The van der Waals surface area contributed by atoms with Gasteiger partial charge in [0.15, 0.2) is 5.79 Å². The molecule has 3 saturated carbocycles. The van der Waals surface area contributed by atoms with Crippen LogP contribution < -0.4 is 0 Å². The van der Waals surface area contributed by atoms with E-state index in [4.69, 9.17) is 9.47 Å². The van der Waals surface area contributed by atoms with E-state index in [9.17, 15) is 0 Å². The van der Waals surface area contributed by atoms with E-state index in [1.807, 2.05) is 0 Å². The molecule has 0 aromatic heterocycles. The highest BCUT2D eigenvalue weighted by molar-refractivity contribution is 5.38. The summed E-state index contributed by atoms with van der Waals surface area (Å²) in [6, 6.07) is 0. The van der Waals surface area contributed by atoms with Crippen LogP contribution in [0.1, 0.15) is 53.4 Å². The van der Waals surface area contributed by atoms with E-state index in [1.165, 1.54) is 25.7 Å². The van der Waals surface area contributed by atoms with E-state index in [0.717, 1.165) is 29.6 Å². The van der Waals surface area contributed by atoms with Crippen molar-refractivity contribution < 1.29 is 9.47 Å². The predicted molar refractivity (Wildman–Crippen MR) is 90.7 cm³/mol. The lowest BCUT2D eigenvalue weighted by molar-refractivity contribution is -0.158. The van der Waals surface area contributed by atoms with Gasteiger partial charge in [0.2, 0.25) is 0 Å². The zero-order chi connectivity index (χ0) is 15.9. The summed E-state index contributed by atoms with van der Waals surface area (Å²) in [6.45, 7) is 8.98. The van der Waals surface area contributed by atoms with Gasteiger partial charge in [-0.15, -0.1) is 0 Å². The molecule has 0 aromatic carbocycles. The molecule has 0 aromatic rings. The molecule has 4 fully saturated rings. The van der Waals surface area contributed by atoms with Crippen LogP contribution in [0.15, 0.2) is 23.3 Å². The highest BCUT2D eigenvalue weighted by Crippen LogP contribution is 2.62. The van der Waals surface area contributed by atoms with Crippen LogP contribution >= 0.6 is 0 Å². The lowest BCUT2D eigenvalue weighted by atomic mass is 9.76. The Morgan fingerprint density at radius 3 is 2.52 bits per heavy atom. The molecular formula is C21H30O2. The number of ether oxygens (including phenoxy) is 2. The van der Waals surface area contributed by atoms with Crippen molar-refractivity contribution in [2.45, 2.75) is 71.4 Å². The average molecular weight is 314 g/mol.